The topological polar surface area (TPSA) is 74.6 Å². The van der Waals surface area contributed by atoms with Crippen molar-refractivity contribution in [3.05, 3.63) is 90.9 Å². The fourth-order valence-corrected chi connectivity index (χ4v) is 5.22. The Morgan fingerprint density at radius 2 is 1.70 bits per heavy atom. The molecule has 3 aromatic carbocycles. The van der Waals surface area contributed by atoms with Crippen molar-refractivity contribution in [2.45, 2.75) is 56.5 Å². The highest BCUT2D eigenvalue weighted by molar-refractivity contribution is 7.99. The van der Waals surface area contributed by atoms with Gasteiger partial charge in [-0.25, -0.2) is 4.98 Å². The third-order valence-corrected chi connectivity index (χ3v) is 7.59. The second kappa shape index (κ2) is 17.2. The van der Waals surface area contributed by atoms with Crippen LogP contribution in [0.2, 0.25) is 0 Å². The van der Waals surface area contributed by atoms with Crippen molar-refractivity contribution < 1.29 is 19.0 Å². The standard InChI is InChI=1S/C35H41N3O4S/c1-4-7-21-40-22-23-42-31-14-8-27(9-15-31)28-10-18-33(41-6-3)29(24-28)11-19-34(39)37-30-12-16-32(17-13-30)43-35-25-36-26-38(35)20-5-2/h8-19,24-26H,4-7,20-23H2,1-3H3,(H,37,39)/b19-11+. The molecule has 4 rings (SSSR count). The zero-order chi connectivity index (χ0) is 30.3. The number of imidazole rings is 1. The van der Waals surface area contributed by atoms with Crippen LogP contribution in [0.4, 0.5) is 5.69 Å². The maximum absolute atomic E-state index is 12.8. The minimum atomic E-state index is -0.213. The van der Waals surface area contributed by atoms with E-state index in [0.29, 0.717) is 19.8 Å². The summed E-state index contributed by atoms with van der Waals surface area (Å²) < 4.78 is 19.3. The number of hydrogen-bond donors (Lipinski definition) is 1. The number of amides is 1. The average molecular weight is 600 g/mol. The molecule has 0 saturated carbocycles. The normalized spacial score (nSPS) is 11.1. The van der Waals surface area contributed by atoms with Gasteiger partial charge in [0.25, 0.3) is 0 Å². The number of hydrogen-bond acceptors (Lipinski definition) is 6. The molecule has 0 aliphatic carbocycles. The quantitative estimate of drug-likeness (QED) is 0.0971. The van der Waals surface area contributed by atoms with Crippen molar-refractivity contribution in [1.29, 1.82) is 0 Å². The van der Waals surface area contributed by atoms with Crippen molar-refractivity contribution in [2.24, 2.45) is 0 Å². The number of rotatable bonds is 17. The van der Waals surface area contributed by atoms with E-state index in [9.17, 15) is 4.79 Å². The number of anilines is 1. The van der Waals surface area contributed by atoms with Crippen molar-refractivity contribution >= 4 is 29.4 Å². The van der Waals surface area contributed by atoms with E-state index >= 15 is 0 Å². The van der Waals surface area contributed by atoms with Crippen molar-refractivity contribution in [3.8, 4) is 22.6 Å². The van der Waals surface area contributed by atoms with Gasteiger partial charge in [0.15, 0.2) is 0 Å². The van der Waals surface area contributed by atoms with Crippen LogP contribution in [0.25, 0.3) is 17.2 Å². The summed E-state index contributed by atoms with van der Waals surface area (Å²) in [4.78, 5) is 18.1. The molecule has 0 unspecified atom stereocenters. The molecule has 0 radical (unpaired) electrons. The summed E-state index contributed by atoms with van der Waals surface area (Å²) in [5.41, 5.74) is 3.62. The molecule has 0 bridgehead atoms. The lowest BCUT2D eigenvalue weighted by Gasteiger charge is -2.11. The van der Waals surface area contributed by atoms with Gasteiger partial charge in [-0.3, -0.25) is 4.79 Å². The summed E-state index contributed by atoms with van der Waals surface area (Å²) >= 11 is 1.66. The molecular weight excluding hydrogens is 558 g/mol. The molecule has 0 atom stereocenters. The van der Waals surface area contributed by atoms with Crippen LogP contribution in [0.1, 0.15) is 45.6 Å². The largest absolute Gasteiger partial charge is 0.493 e. The average Bonchev–Trinajstić information content (AvgIpc) is 3.46. The summed E-state index contributed by atoms with van der Waals surface area (Å²) in [6, 6.07) is 21.8. The summed E-state index contributed by atoms with van der Waals surface area (Å²) in [5, 5.41) is 4.05. The number of aromatic nitrogens is 2. The number of aryl methyl sites for hydroxylation is 1. The highest BCUT2D eigenvalue weighted by Gasteiger charge is 2.08. The second-order valence-corrected chi connectivity index (χ2v) is 11.0. The first kappa shape index (κ1) is 31.9. The maximum atomic E-state index is 12.8. The van der Waals surface area contributed by atoms with E-state index in [1.54, 1.807) is 17.8 Å². The Labute approximate surface area is 259 Å². The third-order valence-electron chi connectivity index (χ3n) is 6.53. The molecule has 1 amide bonds. The van der Waals surface area contributed by atoms with Crippen molar-refractivity contribution in [1.82, 2.24) is 9.55 Å². The molecule has 1 heterocycles. The van der Waals surface area contributed by atoms with Gasteiger partial charge in [0.05, 0.1) is 30.8 Å². The van der Waals surface area contributed by atoms with Crippen LogP contribution in [-0.2, 0) is 16.1 Å². The molecular formula is C35H41N3O4S. The van der Waals surface area contributed by atoms with Crippen LogP contribution in [-0.4, -0.2) is 41.9 Å². The van der Waals surface area contributed by atoms with Gasteiger partial charge in [-0.15, -0.1) is 0 Å². The van der Waals surface area contributed by atoms with Crippen molar-refractivity contribution in [3.63, 3.8) is 0 Å². The first-order chi connectivity index (χ1) is 21.1. The van der Waals surface area contributed by atoms with Crippen LogP contribution < -0.4 is 14.8 Å². The number of carbonyl (C=O) groups excluding carboxylic acids is 1. The van der Waals surface area contributed by atoms with E-state index in [1.165, 1.54) is 6.08 Å². The molecule has 0 spiro atoms. The molecule has 8 heteroatoms. The second-order valence-electron chi connectivity index (χ2n) is 9.90. The van der Waals surface area contributed by atoms with E-state index in [2.05, 4.69) is 28.7 Å². The molecule has 43 heavy (non-hydrogen) atoms. The SMILES string of the molecule is CCCCOCCOc1ccc(-c2ccc(OCC)c(/C=C/C(=O)Nc3ccc(Sc4cncn4CCC)cc3)c2)cc1. The van der Waals surface area contributed by atoms with Gasteiger partial charge < -0.3 is 24.1 Å². The minimum absolute atomic E-state index is 0.213. The van der Waals surface area contributed by atoms with Gasteiger partial charge in [0.2, 0.25) is 5.91 Å². The summed E-state index contributed by atoms with van der Waals surface area (Å²) in [6.07, 6.45) is 10.3. The molecule has 0 aliphatic rings. The van der Waals surface area contributed by atoms with E-state index < -0.39 is 0 Å². The molecule has 0 aliphatic heterocycles. The van der Waals surface area contributed by atoms with Gasteiger partial charge >= 0.3 is 0 Å². The number of benzene rings is 3. The van der Waals surface area contributed by atoms with Crippen LogP contribution >= 0.6 is 11.8 Å². The van der Waals surface area contributed by atoms with Crippen molar-refractivity contribution in [2.75, 3.05) is 31.7 Å². The molecule has 4 aromatic rings. The van der Waals surface area contributed by atoms with E-state index in [0.717, 1.165) is 76.2 Å². The molecule has 0 saturated heterocycles. The Morgan fingerprint density at radius 3 is 2.44 bits per heavy atom. The van der Waals surface area contributed by atoms with Gasteiger partial charge in [0, 0.05) is 35.4 Å². The number of carbonyl (C=O) groups is 1. The lowest BCUT2D eigenvalue weighted by atomic mass is 10.0. The smallest absolute Gasteiger partial charge is 0.248 e. The minimum Gasteiger partial charge on any atom is -0.493 e. The van der Waals surface area contributed by atoms with E-state index in [1.807, 2.05) is 86.2 Å². The fourth-order valence-electron chi connectivity index (χ4n) is 4.33. The first-order valence-electron chi connectivity index (χ1n) is 14.9. The van der Waals surface area contributed by atoms with Crippen LogP contribution in [0.5, 0.6) is 11.5 Å². The van der Waals surface area contributed by atoms with Gasteiger partial charge in [-0.1, -0.05) is 50.2 Å². The lowest BCUT2D eigenvalue weighted by molar-refractivity contribution is -0.111. The fraction of sp³-hybridized carbons (Fsp3) is 0.314. The Kier molecular flexibility index (Phi) is 12.8. The van der Waals surface area contributed by atoms with Gasteiger partial charge in [0.1, 0.15) is 18.1 Å². The van der Waals surface area contributed by atoms with Gasteiger partial charge in [-0.05, 0) is 85.5 Å². The molecule has 7 nitrogen and oxygen atoms in total. The summed E-state index contributed by atoms with van der Waals surface area (Å²) in [5.74, 6) is 1.32. The predicted molar refractivity (Wildman–Crippen MR) is 175 cm³/mol. The van der Waals surface area contributed by atoms with E-state index in [4.69, 9.17) is 14.2 Å². The Hall–Kier alpha value is -4.01. The zero-order valence-electron chi connectivity index (χ0n) is 25.3. The highest BCUT2D eigenvalue weighted by atomic mass is 32.2. The van der Waals surface area contributed by atoms with E-state index in [-0.39, 0.29) is 5.91 Å². The summed E-state index contributed by atoms with van der Waals surface area (Å²) in [7, 11) is 0. The lowest BCUT2D eigenvalue weighted by Crippen LogP contribution is -2.07. The monoisotopic (exact) mass is 599 g/mol. The maximum Gasteiger partial charge on any atom is 0.248 e. The Morgan fingerprint density at radius 1 is 0.907 bits per heavy atom. The first-order valence-corrected chi connectivity index (χ1v) is 15.8. The van der Waals surface area contributed by atoms with Gasteiger partial charge in [-0.2, -0.15) is 0 Å². The molecule has 226 valence electrons. The third kappa shape index (κ3) is 10.0. The zero-order valence-corrected chi connectivity index (χ0v) is 26.1. The number of nitrogens with one attached hydrogen (secondary N) is 1. The Bertz CT molecular complexity index is 1450. The van der Waals surface area contributed by atoms with Crippen LogP contribution in [0, 0.1) is 0 Å². The number of ether oxygens (including phenoxy) is 3. The molecule has 0 fully saturated rings. The highest BCUT2D eigenvalue weighted by Crippen LogP contribution is 2.30. The molecule has 1 aromatic heterocycles. The Balaban J connectivity index is 1.36. The van der Waals surface area contributed by atoms with Crippen LogP contribution in [0.15, 0.2) is 95.3 Å². The number of nitrogens with zero attached hydrogens (tertiary/aromatic N) is 2. The van der Waals surface area contributed by atoms with Crippen LogP contribution in [0.3, 0.4) is 0 Å². The molecule has 1 N–H and O–H groups in total. The summed E-state index contributed by atoms with van der Waals surface area (Å²) in [6.45, 7) is 9.60. The number of unbranched alkanes of at least 4 members (excludes halogenated alkanes) is 1. The predicted octanol–water partition coefficient (Wildman–Crippen LogP) is 8.36.